The number of hydrogen-bond acceptors (Lipinski definition) is 3. The van der Waals surface area contributed by atoms with Crippen LogP contribution in [0.5, 0.6) is 0 Å². The van der Waals surface area contributed by atoms with Crippen LogP contribution >= 0.6 is 0 Å². The van der Waals surface area contributed by atoms with Gasteiger partial charge in [0, 0.05) is 19.5 Å². The van der Waals surface area contributed by atoms with Crippen molar-refractivity contribution in [3.8, 4) is 0 Å². The van der Waals surface area contributed by atoms with Crippen molar-refractivity contribution >= 4 is 5.91 Å². The van der Waals surface area contributed by atoms with Gasteiger partial charge in [0.2, 0.25) is 5.91 Å². The van der Waals surface area contributed by atoms with E-state index in [1.165, 1.54) is 12.8 Å². The first-order valence-electron chi connectivity index (χ1n) is 7.13. The van der Waals surface area contributed by atoms with Crippen molar-refractivity contribution in [2.45, 2.75) is 52.1 Å². The van der Waals surface area contributed by atoms with E-state index < -0.39 is 5.60 Å². The van der Waals surface area contributed by atoms with Gasteiger partial charge in [0.25, 0.3) is 0 Å². The maximum atomic E-state index is 12.1. The van der Waals surface area contributed by atoms with E-state index in [1.807, 2.05) is 6.92 Å². The molecule has 0 aliphatic carbocycles. The van der Waals surface area contributed by atoms with E-state index >= 15 is 0 Å². The topological polar surface area (TPSA) is 52.6 Å². The molecular weight excluding hydrogens is 228 g/mol. The molecule has 0 aromatic heterocycles. The van der Waals surface area contributed by atoms with Crippen molar-refractivity contribution in [2.24, 2.45) is 5.92 Å². The molecule has 1 saturated heterocycles. The smallest absolute Gasteiger partial charge is 0.222 e. The maximum absolute atomic E-state index is 12.1. The largest absolute Gasteiger partial charge is 0.389 e. The van der Waals surface area contributed by atoms with Gasteiger partial charge < -0.3 is 15.3 Å². The Kier molecular flexibility index (Phi) is 6.09. The molecule has 0 unspecified atom stereocenters. The number of amides is 1. The van der Waals surface area contributed by atoms with Crippen molar-refractivity contribution in [1.82, 2.24) is 10.2 Å². The molecule has 0 bridgehead atoms. The van der Waals surface area contributed by atoms with E-state index in [0.29, 0.717) is 25.4 Å². The van der Waals surface area contributed by atoms with Crippen LogP contribution in [0.4, 0.5) is 0 Å². The van der Waals surface area contributed by atoms with Gasteiger partial charge in [0.15, 0.2) is 0 Å². The molecule has 4 nitrogen and oxygen atoms in total. The van der Waals surface area contributed by atoms with Crippen molar-refractivity contribution in [3.05, 3.63) is 0 Å². The van der Waals surface area contributed by atoms with Crippen LogP contribution in [0.1, 0.15) is 46.5 Å². The zero-order valence-electron chi connectivity index (χ0n) is 12.0. The van der Waals surface area contributed by atoms with Crippen LogP contribution in [0.3, 0.4) is 0 Å². The zero-order valence-corrected chi connectivity index (χ0v) is 12.0. The number of rotatable bonds is 6. The summed E-state index contributed by atoms with van der Waals surface area (Å²) in [6.45, 7) is 8.73. The average Bonchev–Trinajstić information content (AvgIpc) is 2.33. The van der Waals surface area contributed by atoms with Gasteiger partial charge in [0.1, 0.15) is 0 Å². The minimum Gasteiger partial charge on any atom is -0.389 e. The highest BCUT2D eigenvalue weighted by Crippen LogP contribution is 2.18. The Morgan fingerprint density at radius 1 is 1.39 bits per heavy atom. The number of carbonyl (C=O) groups is 1. The highest BCUT2D eigenvalue weighted by molar-refractivity contribution is 5.76. The maximum Gasteiger partial charge on any atom is 0.222 e. The first-order chi connectivity index (χ1) is 8.42. The Balaban J connectivity index is 2.32. The van der Waals surface area contributed by atoms with E-state index in [2.05, 4.69) is 5.32 Å². The first-order valence-corrected chi connectivity index (χ1v) is 7.13. The highest BCUT2D eigenvalue weighted by atomic mass is 16.3. The van der Waals surface area contributed by atoms with Crippen LogP contribution in [0, 0.1) is 5.92 Å². The van der Waals surface area contributed by atoms with Crippen molar-refractivity contribution in [1.29, 1.82) is 0 Å². The summed E-state index contributed by atoms with van der Waals surface area (Å²) in [5.74, 6) is 0.870. The van der Waals surface area contributed by atoms with Crippen molar-refractivity contribution < 1.29 is 9.90 Å². The predicted octanol–water partition coefficient (Wildman–Crippen LogP) is 1.39. The van der Waals surface area contributed by atoms with Gasteiger partial charge in [-0.1, -0.05) is 0 Å². The molecule has 0 radical (unpaired) electrons. The number of nitrogens with zero attached hydrogens (tertiary/aromatic N) is 1. The lowest BCUT2D eigenvalue weighted by Gasteiger charge is -2.29. The summed E-state index contributed by atoms with van der Waals surface area (Å²) < 4.78 is 0. The molecule has 0 atom stereocenters. The van der Waals surface area contributed by atoms with E-state index in [1.54, 1.807) is 18.7 Å². The molecule has 0 saturated carbocycles. The molecule has 1 amide bonds. The zero-order chi connectivity index (χ0) is 13.6. The Hall–Kier alpha value is -0.610. The second-order valence-electron chi connectivity index (χ2n) is 5.95. The Morgan fingerprint density at radius 3 is 2.50 bits per heavy atom. The van der Waals surface area contributed by atoms with Crippen LogP contribution in [-0.4, -0.2) is 47.7 Å². The SMILES string of the molecule is CCN(CC(C)(C)O)C(=O)CCC1CCNCC1. The van der Waals surface area contributed by atoms with E-state index in [-0.39, 0.29) is 5.91 Å². The molecule has 0 spiro atoms. The molecule has 1 heterocycles. The third-order valence-corrected chi connectivity index (χ3v) is 3.54. The molecule has 1 aliphatic heterocycles. The van der Waals surface area contributed by atoms with Gasteiger partial charge in [-0.15, -0.1) is 0 Å². The fourth-order valence-electron chi connectivity index (χ4n) is 2.50. The minimum atomic E-state index is -0.805. The molecule has 4 heteroatoms. The lowest BCUT2D eigenvalue weighted by molar-refractivity contribution is -0.134. The Labute approximate surface area is 111 Å². The van der Waals surface area contributed by atoms with Crippen LogP contribution < -0.4 is 5.32 Å². The number of piperidine rings is 1. The molecule has 2 N–H and O–H groups in total. The Morgan fingerprint density at radius 2 is 2.00 bits per heavy atom. The third-order valence-electron chi connectivity index (χ3n) is 3.54. The fourth-order valence-corrected chi connectivity index (χ4v) is 2.50. The molecule has 1 rings (SSSR count). The lowest BCUT2D eigenvalue weighted by atomic mass is 9.93. The van der Waals surface area contributed by atoms with Gasteiger partial charge in [-0.2, -0.15) is 0 Å². The molecule has 1 aliphatic rings. The predicted molar refractivity (Wildman–Crippen MR) is 73.4 cm³/mol. The first kappa shape index (κ1) is 15.4. The van der Waals surface area contributed by atoms with Crippen molar-refractivity contribution in [2.75, 3.05) is 26.2 Å². The number of likely N-dealkylation sites (N-methyl/N-ethyl adjacent to an activating group) is 1. The molecule has 0 aromatic carbocycles. The average molecular weight is 256 g/mol. The molecule has 106 valence electrons. The monoisotopic (exact) mass is 256 g/mol. The van der Waals surface area contributed by atoms with E-state index in [4.69, 9.17) is 0 Å². The van der Waals surface area contributed by atoms with Crippen LogP contribution in [0.15, 0.2) is 0 Å². The number of hydrogen-bond donors (Lipinski definition) is 2. The van der Waals surface area contributed by atoms with Gasteiger partial charge in [-0.3, -0.25) is 4.79 Å². The summed E-state index contributed by atoms with van der Waals surface area (Å²) in [4.78, 5) is 13.9. The summed E-state index contributed by atoms with van der Waals surface area (Å²) in [6.07, 6.45) is 3.98. The van der Waals surface area contributed by atoms with E-state index in [0.717, 1.165) is 19.5 Å². The minimum absolute atomic E-state index is 0.179. The Bertz CT molecular complexity index is 255. The summed E-state index contributed by atoms with van der Waals surface area (Å²) in [5, 5.41) is 13.1. The van der Waals surface area contributed by atoms with Gasteiger partial charge in [-0.25, -0.2) is 0 Å². The second-order valence-corrected chi connectivity index (χ2v) is 5.95. The van der Waals surface area contributed by atoms with Crippen molar-refractivity contribution in [3.63, 3.8) is 0 Å². The number of carbonyl (C=O) groups excluding carboxylic acids is 1. The third kappa shape index (κ3) is 5.83. The van der Waals surface area contributed by atoms with Crippen LogP contribution in [-0.2, 0) is 4.79 Å². The molecule has 1 fully saturated rings. The fraction of sp³-hybridized carbons (Fsp3) is 0.929. The summed E-state index contributed by atoms with van der Waals surface area (Å²) in [7, 11) is 0. The van der Waals surface area contributed by atoms with E-state index in [9.17, 15) is 9.90 Å². The number of aliphatic hydroxyl groups is 1. The second kappa shape index (κ2) is 7.10. The molecule has 0 aromatic rings. The number of nitrogens with one attached hydrogen (secondary N) is 1. The lowest BCUT2D eigenvalue weighted by Crippen LogP contribution is -2.42. The molecule has 18 heavy (non-hydrogen) atoms. The highest BCUT2D eigenvalue weighted by Gasteiger charge is 2.22. The van der Waals surface area contributed by atoms with Gasteiger partial charge in [0.05, 0.1) is 5.60 Å². The van der Waals surface area contributed by atoms with Gasteiger partial charge in [-0.05, 0) is 59.0 Å². The normalized spacial score (nSPS) is 17.8. The summed E-state index contributed by atoms with van der Waals surface area (Å²) in [5.41, 5.74) is -0.805. The standard InChI is InChI=1S/C14H28N2O2/c1-4-16(11-14(2,3)18)13(17)6-5-12-7-9-15-10-8-12/h12,15,18H,4-11H2,1-3H3. The summed E-state index contributed by atoms with van der Waals surface area (Å²) >= 11 is 0. The quantitative estimate of drug-likeness (QED) is 0.755. The summed E-state index contributed by atoms with van der Waals surface area (Å²) in [6, 6.07) is 0. The van der Waals surface area contributed by atoms with Crippen LogP contribution in [0.2, 0.25) is 0 Å². The molecular formula is C14H28N2O2. The van der Waals surface area contributed by atoms with Gasteiger partial charge >= 0.3 is 0 Å². The van der Waals surface area contributed by atoms with Crippen LogP contribution in [0.25, 0.3) is 0 Å².